The van der Waals surface area contributed by atoms with Crippen molar-refractivity contribution < 1.29 is 9.90 Å². The Balaban J connectivity index is 2.33. The molecule has 0 saturated carbocycles. The number of aliphatic carboxylic acids is 1. The van der Waals surface area contributed by atoms with E-state index in [-0.39, 0.29) is 5.92 Å². The van der Waals surface area contributed by atoms with Crippen molar-refractivity contribution in [2.75, 3.05) is 19.6 Å². The van der Waals surface area contributed by atoms with Crippen LogP contribution in [-0.2, 0) is 4.79 Å². The van der Waals surface area contributed by atoms with Crippen molar-refractivity contribution in [1.29, 1.82) is 0 Å². The summed E-state index contributed by atoms with van der Waals surface area (Å²) in [4.78, 5) is 13.8. The molecule has 0 amide bonds. The van der Waals surface area contributed by atoms with Crippen molar-refractivity contribution in [3.05, 3.63) is 0 Å². The summed E-state index contributed by atoms with van der Waals surface area (Å²) in [5, 5.41) is 9.47. The van der Waals surface area contributed by atoms with Crippen molar-refractivity contribution >= 4 is 5.97 Å². The molecule has 0 aliphatic carbocycles. The number of unbranched alkanes of at least 4 members (excludes halogenated alkanes) is 4. The highest BCUT2D eigenvalue weighted by atomic mass is 16.4. The lowest BCUT2D eigenvalue weighted by atomic mass is 9.76. The van der Waals surface area contributed by atoms with Crippen LogP contribution in [0.2, 0.25) is 0 Å². The molecule has 1 atom stereocenters. The molecule has 1 aliphatic heterocycles. The van der Waals surface area contributed by atoms with Crippen molar-refractivity contribution in [3.63, 3.8) is 0 Å². The normalized spacial score (nSPS) is 24.9. The van der Waals surface area contributed by atoms with Crippen molar-refractivity contribution in [3.8, 4) is 0 Å². The third-order valence-corrected chi connectivity index (χ3v) is 4.49. The lowest BCUT2D eigenvalue weighted by Crippen LogP contribution is -2.39. The van der Waals surface area contributed by atoms with Gasteiger partial charge in [-0.05, 0) is 31.8 Å². The summed E-state index contributed by atoms with van der Waals surface area (Å²) in [6.07, 6.45) is 7.23. The topological polar surface area (TPSA) is 40.5 Å². The van der Waals surface area contributed by atoms with Gasteiger partial charge in [-0.25, -0.2) is 0 Å². The summed E-state index contributed by atoms with van der Waals surface area (Å²) < 4.78 is 0. The van der Waals surface area contributed by atoms with Crippen LogP contribution in [-0.4, -0.2) is 35.6 Å². The molecule has 1 heterocycles. The molecule has 0 aromatic rings. The molecule has 0 aromatic heterocycles. The van der Waals surface area contributed by atoms with Gasteiger partial charge < -0.3 is 10.0 Å². The van der Waals surface area contributed by atoms with Crippen molar-refractivity contribution in [1.82, 2.24) is 4.90 Å². The predicted octanol–water partition coefficient (Wildman–Crippen LogP) is 3.39. The summed E-state index contributed by atoms with van der Waals surface area (Å²) in [5.74, 6) is -0.383. The lowest BCUT2D eigenvalue weighted by molar-refractivity contribution is -0.151. The average molecular weight is 255 g/mol. The van der Waals surface area contributed by atoms with Gasteiger partial charge in [0.05, 0.1) is 5.41 Å². The molecule has 106 valence electrons. The molecule has 1 N–H and O–H groups in total. The summed E-state index contributed by atoms with van der Waals surface area (Å²) in [7, 11) is 0. The Morgan fingerprint density at radius 1 is 1.28 bits per heavy atom. The number of carboxylic acid groups (broad SMARTS) is 1. The zero-order valence-electron chi connectivity index (χ0n) is 12.2. The second-order valence-corrected chi connectivity index (χ2v) is 6.06. The van der Waals surface area contributed by atoms with Crippen LogP contribution in [0.5, 0.6) is 0 Å². The van der Waals surface area contributed by atoms with Gasteiger partial charge in [-0.1, -0.05) is 46.5 Å². The van der Waals surface area contributed by atoms with Crippen LogP contribution in [0, 0.1) is 11.3 Å². The highest BCUT2D eigenvalue weighted by molar-refractivity contribution is 5.75. The van der Waals surface area contributed by atoms with E-state index in [4.69, 9.17) is 0 Å². The smallest absolute Gasteiger partial charge is 0.311 e. The fourth-order valence-corrected chi connectivity index (χ4v) is 2.94. The zero-order valence-corrected chi connectivity index (χ0v) is 12.2. The second-order valence-electron chi connectivity index (χ2n) is 6.06. The van der Waals surface area contributed by atoms with E-state index in [1.54, 1.807) is 0 Å². The fourth-order valence-electron chi connectivity index (χ4n) is 2.94. The van der Waals surface area contributed by atoms with Crippen LogP contribution in [0.4, 0.5) is 0 Å². The molecule has 0 aromatic carbocycles. The quantitative estimate of drug-likeness (QED) is 0.676. The maximum atomic E-state index is 11.5. The minimum Gasteiger partial charge on any atom is -0.481 e. The first-order valence-corrected chi connectivity index (χ1v) is 7.48. The number of hydrogen-bond donors (Lipinski definition) is 1. The molecule has 1 aliphatic rings. The minimum absolute atomic E-state index is 0.222. The van der Waals surface area contributed by atoms with Gasteiger partial charge >= 0.3 is 5.97 Å². The number of hydrogen-bond acceptors (Lipinski definition) is 2. The molecule has 0 radical (unpaired) electrons. The summed E-state index contributed by atoms with van der Waals surface area (Å²) in [5.41, 5.74) is -0.497. The molecule has 3 heteroatoms. The molecule has 1 saturated heterocycles. The van der Waals surface area contributed by atoms with Gasteiger partial charge in [-0.3, -0.25) is 4.79 Å². The minimum atomic E-state index is -0.606. The van der Waals surface area contributed by atoms with Gasteiger partial charge in [0.2, 0.25) is 0 Å². The van der Waals surface area contributed by atoms with Crippen LogP contribution in [0.3, 0.4) is 0 Å². The number of rotatable bonds is 8. The Hall–Kier alpha value is -0.570. The van der Waals surface area contributed by atoms with Gasteiger partial charge in [-0.2, -0.15) is 0 Å². The lowest BCUT2D eigenvalue weighted by Gasteiger charge is -2.28. The van der Waals surface area contributed by atoms with Crippen molar-refractivity contribution in [2.45, 2.75) is 59.3 Å². The van der Waals surface area contributed by atoms with Gasteiger partial charge in [0.1, 0.15) is 0 Å². The summed E-state index contributed by atoms with van der Waals surface area (Å²) in [6, 6.07) is 0. The SMILES string of the molecule is CCCCCCCN1CCC(C(=O)O)(C(C)C)C1. The van der Waals surface area contributed by atoms with E-state index in [9.17, 15) is 9.90 Å². The monoisotopic (exact) mass is 255 g/mol. The van der Waals surface area contributed by atoms with Crippen LogP contribution in [0.25, 0.3) is 0 Å². The Labute approximate surface area is 112 Å². The second kappa shape index (κ2) is 7.13. The average Bonchev–Trinajstić information content (AvgIpc) is 2.74. The van der Waals surface area contributed by atoms with Gasteiger partial charge in [0.15, 0.2) is 0 Å². The van der Waals surface area contributed by atoms with E-state index < -0.39 is 11.4 Å². The van der Waals surface area contributed by atoms with Gasteiger partial charge in [-0.15, -0.1) is 0 Å². The van der Waals surface area contributed by atoms with E-state index >= 15 is 0 Å². The van der Waals surface area contributed by atoms with Crippen LogP contribution in [0.1, 0.15) is 59.3 Å². The maximum Gasteiger partial charge on any atom is 0.311 e. The first-order chi connectivity index (χ1) is 8.53. The molecule has 3 nitrogen and oxygen atoms in total. The Bertz CT molecular complexity index is 265. The number of carboxylic acids is 1. The van der Waals surface area contributed by atoms with E-state index in [0.29, 0.717) is 0 Å². The highest BCUT2D eigenvalue weighted by Gasteiger charge is 2.46. The molecule has 0 spiro atoms. The zero-order chi connectivity index (χ0) is 13.6. The van der Waals surface area contributed by atoms with Crippen LogP contribution >= 0.6 is 0 Å². The van der Waals surface area contributed by atoms with Crippen LogP contribution < -0.4 is 0 Å². The van der Waals surface area contributed by atoms with E-state index in [1.807, 2.05) is 13.8 Å². The molecule has 1 rings (SSSR count). The number of nitrogens with zero attached hydrogens (tertiary/aromatic N) is 1. The first-order valence-electron chi connectivity index (χ1n) is 7.48. The Morgan fingerprint density at radius 3 is 2.44 bits per heavy atom. The molecule has 18 heavy (non-hydrogen) atoms. The summed E-state index contributed by atoms with van der Waals surface area (Å²) in [6.45, 7) is 9.08. The molecular weight excluding hydrogens is 226 g/mol. The summed E-state index contributed by atoms with van der Waals surface area (Å²) >= 11 is 0. The van der Waals surface area contributed by atoms with Gasteiger partial charge in [0, 0.05) is 6.54 Å². The van der Waals surface area contributed by atoms with E-state index in [2.05, 4.69) is 11.8 Å². The molecule has 1 fully saturated rings. The van der Waals surface area contributed by atoms with E-state index in [0.717, 1.165) is 26.1 Å². The Morgan fingerprint density at radius 2 is 1.94 bits per heavy atom. The van der Waals surface area contributed by atoms with Gasteiger partial charge in [0.25, 0.3) is 0 Å². The third kappa shape index (κ3) is 3.71. The molecule has 0 bridgehead atoms. The standard InChI is InChI=1S/C15H29NO2/c1-4-5-6-7-8-10-16-11-9-15(12-16,13(2)3)14(17)18/h13H,4-12H2,1-3H3,(H,17,18). The predicted molar refractivity (Wildman–Crippen MR) is 74.7 cm³/mol. The maximum absolute atomic E-state index is 11.5. The van der Waals surface area contributed by atoms with Crippen molar-refractivity contribution in [2.24, 2.45) is 11.3 Å². The van der Waals surface area contributed by atoms with Crippen LogP contribution in [0.15, 0.2) is 0 Å². The first kappa shape index (κ1) is 15.5. The highest BCUT2D eigenvalue weighted by Crippen LogP contribution is 2.38. The third-order valence-electron chi connectivity index (χ3n) is 4.49. The molecule has 1 unspecified atom stereocenters. The largest absolute Gasteiger partial charge is 0.481 e. The Kier molecular flexibility index (Phi) is 6.13. The number of likely N-dealkylation sites (tertiary alicyclic amines) is 1. The molecular formula is C15H29NO2. The van der Waals surface area contributed by atoms with E-state index in [1.165, 1.54) is 32.1 Å². The fraction of sp³-hybridized carbons (Fsp3) is 0.933. The number of carbonyl (C=O) groups is 1.